The first-order valence-corrected chi connectivity index (χ1v) is 6.10. The summed E-state index contributed by atoms with van der Waals surface area (Å²) in [6.45, 7) is 2.67. The first-order chi connectivity index (χ1) is 8.58. The molecule has 96 valence electrons. The van der Waals surface area contributed by atoms with Crippen LogP contribution in [0, 0.1) is 12.3 Å². The molecule has 1 aromatic rings. The molecule has 3 heteroatoms. The van der Waals surface area contributed by atoms with Gasteiger partial charge in [0.25, 0.3) is 0 Å². The van der Waals surface area contributed by atoms with E-state index in [2.05, 4.69) is 25.0 Å². The van der Waals surface area contributed by atoms with E-state index in [1.54, 1.807) is 11.9 Å². The second-order valence-electron chi connectivity index (χ2n) is 4.38. The first-order valence-electron chi connectivity index (χ1n) is 6.10. The molecule has 0 aromatic heterocycles. The highest BCUT2D eigenvalue weighted by atomic mass is 16.2. The van der Waals surface area contributed by atoms with E-state index in [9.17, 15) is 4.79 Å². The Kier molecular flexibility index (Phi) is 5.41. The summed E-state index contributed by atoms with van der Waals surface area (Å²) in [5.41, 5.74) is 8.08. The molecule has 1 unspecified atom stereocenters. The molecule has 0 aliphatic heterocycles. The first kappa shape index (κ1) is 14.3. The van der Waals surface area contributed by atoms with Crippen LogP contribution in [0.5, 0.6) is 0 Å². The zero-order valence-electron chi connectivity index (χ0n) is 11.0. The highest BCUT2D eigenvalue weighted by Crippen LogP contribution is 2.08. The van der Waals surface area contributed by atoms with Crippen LogP contribution in [-0.2, 0) is 17.8 Å². The zero-order valence-corrected chi connectivity index (χ0v) is 11.0. The van der Waals surface area contributed by atoms with E-state index in [0.29, 0.717) is 6.54 Å². The molecule has 0 aliphatic rings. The van der Waals surface area contributed by atoms with Gasteiger partial charge < -0.3 is 10.6 Å². The Hall–Kier alpha value is -1.79. The average Bonchev–Trinajstić information content (AvgIpc) is 2.39. The molecule has 1 atom stereocenters. The number of hydrogen-bond acceptors (Lipinski definition) is 2. The van der Waals surface area contributed by atoms with Crippen molar-refractivity contribution in [3.05, 3.63) is 35.4 Å². The number of nitrogens with two attached hydrogens (primary N) is 1. The molecule has 2 N–H and O–H groups in total. The summed E-state index contributed by atoms with van der Waals surface area (Å²) in [6.07, 6.45) is 6.44. The number of carbonyl (C=O) groups excluding carboxylic acids is 1. The molecular formula is C15H20N2O. The van der Waals surface area contributed by atoms with Crippen molar-refractivity contribution in [1.29, 1.82) is 0 Å². The van der Waals surface area contributed by atoms with E-state index in [4.69, 9.17) is 12.2 Å². The smallest absolute Gasteiger partial charge is 0.240 e. The van der Waals surface area contributed by atoms with E-state index in [1.165, 1.54) is 5.56 Å². The fourth-order valence-corrected chi connectivity index (χ4v) is 1.73. The van der Waals surface area contributed by atoms with Crippen molar-refractivity contribution in [1.82, 2.24) is 4.90 Å². The van der Waals surface area contributed by atoms with Gasteiger partial charge in [-0.1, -0.05) is 31.2 Å². The van der Waals surface area contributed by atoms with Gasteiger partial charge in [0.15, 0.2) is 0 Å². The summed E-state index contributed by atoms with van der Waals surface area (Å²) in [7, 11) is 1.74. The van der Waals surface area contributed by atoms with Crippen molar-refractivity contribution >= 4 is 5.91 Å². The number of terminal acetylenes is 1. The fourth-order valence-electron chi connectivity index (χ4n) is 1.73. The van der Waals surface area contributed by atoms with Crippen LogP contribution in [0.15, 0.2) is 24.3 Å². The number of carbonyl (C=O) groups is 1. The zero-order chi connectivity index (χ0) is 13.5. The molecule has 3 nitrogen and oxygen atoms in total. The second kappa shape index (κ2) is 6.83. The third-order valence-corrected chi connectivity index (χ3v) is 2.88. The number of likely N-dealkylation sites (N-methyl/N-ethyl adjacent to an activating group) is 1. The van der Waals surface area contributed by atoms with Gasteiger partial charge in [0.1, 0.15) is 0 Å². The minimum absolute atomic E-state index is 0.118. The lowest BCUT2D eigenvalue weighted by molar-refractivity contribution is -0.131. The Morgan fingerprint density at radius 2 is 1.94 bits per heavy atom. The lowest BCUT2D eigenvalue weighted by Gasteiger charge is -2.20. The molecule has 0 heterocycles. The van der Waals surface area contributed by atoms with Crippen molar-refractivity contribution in [3.8, 4) is 12.3 Å². The predicted octanol–water partition coefficient (Wildman–Crippen LogP) is 1.56. The van der Waals surface area contributed by atoms with Gasteiger partial charge in [0, 0.05) is 20.0 Å². The summed E-state index contributed by atoms with van der Waals surface area (Å²) in [4.78, 5) is 13.5. The Morgan fingerprint density at radius 1 is 1.39 bits per heavy atom. The fraction of sp³-hybridized carbons (Fsp3) is 0.400. The summed E-state index contributed by atoms with van der Waals surface area (Å²) >= 11 is 0. The minimum Gasteiger partial charge on any atom is -0.340 e. The maximum atomic E-state index is 11.9. The lowest BCUT2D eigenvalue weighted by Crippen LogP contribution is -2.41. The molecule has 0 saturated carbocycles. The van der Waals surface area contributed by atoms with Crippen molar-refractivity contribution in [3.63, 3.8) is 0 Å². The summed E-state index contributed by atoms with van der Waals surface area (Å²) in [5.74, 6) is 2.29. The van der Waals surface area contributed by atoms with Crippen molar-refractivity contribution in [2.24, 2.45) is 5.73 Å². The van der Waals surface area contributed by atoms with E-state index >= 15 is 0 Å². The normalized spacial score (nSPS) is 11.7. The Morgan fingerprint density at radius 3 is 2.44 bits per heavy atom. The Labute approximate surface area is 109 Å². The summed E-state index contributed by atoms with van der Waals surface area (Å²) < 4.78 is 0. The monoisotopic (exact) mass is 244 g/mol. The van der Waals surface area contributed by atoms with E-state index < -0.39 is 6.04 Å². The van der Waals surface area contributed by atoms with Crippen LogP contribution in [0.25, 0.3) is 0 Å². The SMILES string of the molecule is C#CCC(N)C(=O)N(C)Cc1ccc(CC)cc1. The number of nitrogens with zero attached hydrogens (tertiary/aromatic N) is 1. The highest BCUT2D eigenvalue weighted by Gasteiger charge is 2.16. The van der Waals surface area contributed by atoms with Gasteiger partial charge in [-0.3, -0.25) is 4.79 Å². The average molecular weight is 244 g/mol. The van der Waals surface area contributed by atoms with E-state index in [1.807, 2.05) is 12.1 Å². The largest absolute Gasteiger partial charge is 0.340 e. The number of amides is 1. The van der Waals surface area contributed by atoms with Gasteiger partial charge in [-0.25, -0.2) is 0 Å². The van der Waals surface area contributed by atoms with Gasteiger partial charge in [0.05, 0.1) is 6.04 Å². The molecule has 0 radical (unpaired) electrons. The standard InChI is InChI=1S/C15H20N2O/c1-4-6-14(16)15(18)17(3)11-13-9-7-12(5-2)8-10-13/h1,7-10,14H,5-6,11,16H2,2-3H3. The van der Waals surface area contributed by atoms with E-state index in [0.717, 1.165) is 12.0 Å². The predicted molar refractivity (Wildman–Crippen MR) is 73.7 cm³/mol. The van der Waals surface area contributed by atoms with Crippen LogP contribution in [0.3, 0.4) is 0 Å². The van der Waals surface area contributed by atoms with Crippen LogP contribution >= 0.6 is 0 Å². The molecule has 0 bridgehead atoms. The molecule has 0 saturated heterocycles. The Balaban J connectivity index is 2.60. The number of rotatable bonds is 5. The third-order valence-electron chi connectivity index (χ3n) is 2.88. The van der Waals surface area contributed by atoms with Crippen LogP contribution in [-0.4, -0.2) is 23.9 Å². The van der Waals surface area contributed by atoms with Crippen molar-refractivity contribution < 1.29 is 4.79 Å². The van der Waals surface area contributed by atoms with Gasteiger partial charge >= 0.3 is 0 Å². The lowest BCUT2D eigenvalue weighted by atomic mass is 10.1. The Bertz CT molecular complexity index is 431. The second-order valence-corrected chi connectivity index (χ2v) is 4.38. The molecule has 1 amide bonds. The molecular weight excluding hydrogens is 224 g/mol. The number of hydrogen-bond donors (Lipinski definition) is 1. The van der Waals surface area contributed by atoms with E-state index in [-0.39, 0.29) is 12.3 Å². The van der Waals surface area contributed by atoms with Crippen molar-refractivity contribution in [2.45, 2.75) is 32.4 Å². The van der Waals surface area contributed by atoms with Gasteiger partial charge in [-0.15, -0.1) is 12.3 Å². The topological polar surface area (TPSA) is 46.3 Å². The number of aryl methyl sites for hydroxylation is 1. The molecule has 1 aromatic carbocycles. The van der Waals surface area contributed by atoms with Crippen LogP contribution in [0.4, 0.5) is 0 Å². The summed E-state index contributed by atoms with van der Waals surface area (Å²) in [6, 6.07) is 7.63. The van der Waals surface area contributed by atoms with Gasteiger partial charge in [-0.2, -0.15) is 0 Å². The van der Waals surface area contributed by atoms with Crippen LogP contribution < -0.4 is 5.73 Å². The molecule has 0 spiro atoms. The number of benzene rings is 1. The van der Waals surface area contributed by atoms with Crippen LogP contribution in [0.1, 0.15) is 24.5 Å². The van der Waals surface area contributed by atoms with Crippen LogP contribution in [0.2, 0.25) is 0 Å². The van der Waals surface area contributed by atoms with Gasteiger partial charge in [-0.05, 0) is 17.5 Å². The van der Waals surface area contributed by atoms with Crippen molar-refractivity contribution in [2.75, 3.05) is 7.05 Å². The minimum atomic E-state index is -0.602. The third kappa shape index (κ3) is 3.90. The molecule has 1 rings (SSSR count). The maximum absolute atomic E-state index is 11.9. The molecule has 0 fully saturated rings. The van der Waals surface area contributed by atoms with Gasteiger partial charge in [0.2, 0.25) is 5.91 Å². The molecule has 18 heavy (non-hydrogen) atoms. The maximum Gasteiger partial charge on any atom is 0.240 e. The molecule has 0 aliphatic carbocycles. The summed E-state index contributed by atoms with van der Waals surface area (Å²) in [5, 5.41) is 0. The quantitative estimate of drug-likeness (QED) is 0.799. The highest BCUT2D eigenvalue weighted by molar-refractivity contribution is 5.81.